The van der Waals surface area contributed by atoms with Crippen LogP contribution in [0.15, 0.2) is 30.3 Å². The third-order valence-electron chi connectivity index (χ3n) is 3.65. The Morgan fingerprint density at radius 3 is 2.76 bits per heavy atom. The second-order valence-corrected chi connectivity index (χ2v) is 5.31. The summed E-state index contributed by atoms with van der Waals surface area (Å²) >= 11 is 0. The SMILES string of the molecule is CCNCCNC(=O)C1CC(=O)N(Cc2ccccc2)C1. The molecular formula is C16H23N3O2. The van der Waals surface area contributed by atoms with E-state index in [1.807, 2.05) is 37.3 Å². The summed E-state index contributed by atoms with van der Waals surface area (Å²) in [5.41, 5.74) is 1.10. The van der Waals surface area contributed by atoms with Gasteiger partial charge in [0.2, 0.25) is 11.8 Å². The molecule has 1 aromatic carbocycles. The molecule has 0 saturated carbocycles. The van der Waals surface area contributed by atoms with E-state index < -0.39 is 0 Å². The summed E-state index contributed by atoms with van der Waals surface area (Å²) in [6.07, 6.45) is 0.319. The number of hydrogen-bond acceptors (Lipinski definition) is 3. The Bertz CT molecular complexity index is 476. The Labute approximate surface area is 125 Å². The first-order valence-corrected chi connectivity index (χ1v) is 7.51. The van der Waals surface area contributed by atoms with Gasteiger partial charge >= 0.3 is 0 Å². The van der Waals surface area contributed by atoms with Gasteiger partial charge in [-0.05, 0) is 12.1 Å². The average molecular weight is 289 g/mol. The minimum Gasteiger partial charge on any atom is -0.355 e. The zero-order valence-electron chi connectivity index (χ0n) is 12.5. The molecule has 1 heterocycles. The van der Waals surface area contributed by atoms with Gasteiger partial charge in [-0.3, -0.25) is 9.59 Å². The first-order valence-electron chi connectivity index (χ1n) is 7.51. The van der Waals surface area contributed by atoms with Crippen LogP contribution >= 0.6 is 0 Å². The van der Waals surface area contributed by atoms with Crippen molar-refractivity contribution in [3.05, 3.63) is 35.9 Å². The summed E-state index contributed by atoms with van der Waals surface area (Å²) < 4.78 is 0. The van der Waals surface area contributed by atoms with Crippen LogP contribution in [-0.2, 0) is 16.1 Å². The lowest BCUT2D eigenvalue weighted by Gasteiger charge is -2.16. The van der Waals surface area contributed by atoms with Crippen LogP contribution in [0.4, 0.5) is 0 Å². The maximum Gasteiger partial charge on any atom is 0.225 e. The van der Waals surface area contributed by atoms with Crippen LogP contribution in [0.2, 0.25) is 0 Å². The molecule has 2 rings (SSSR count). The lowest BCUT2D eigenvalue weighted by molar-refractivity contribution is -0.129. The van der Waals surface area contributed by atoms with E-state index in [9.17, 15) is 9.59 Å². The Balaban J connectivity index is 1.80. The van der Waals surface area contributed by atoms with Gasteiger partial charge in [0.25, 0.3) is 0 Å². The lowest BCUT2D eigenvalue weighted by Crippen LogP contribution is -2.36. The van der Waals surface area contributed by atoms with E-state index in [0.29, 0.717) is 26.1 Å². The minimum absolute atomic E-state index is 0.0168. The molecule has 1 unspecified atom stereocenters. The fourth-order valence-corrected chi connectivity index (χ4v) is 2.50. The number of hydrogen-bond donors (Lipinski definition) is 2. The van der Waals surface area contributed by atoms with Crippen molar-refractivity contribution in [2.75, 3.05) is 26.2 Å². The lowest BCUT2D eigenvalue weighted by atomic mass is 10.1. The summed E-state index contributed by atoms with van der Waals surface area (Å²) in [4.78, 5) is 25.8. The maximum atomic E-state index is 12.0. The van der Waals surface area contributed by atoms with Gasteiger partial charge in [-0.15, -0.1) is 0 Å². The van der Waals surface area contributed by atoms with Crippen LogP contribution in [-0.4, -0.2) is 42.9 Å². The predicted molar refractivity (Wildman–Crippen MR) is 81.5 cm³/mol. The van der Waals surface area contributed by atoms with Crippen molar-refractivity contribution in [1.82, 2.24) is 15.5 Å². The predicted octanol–water partition coefficient (Wildman–Crippen LogP) is 0.761. The number of carbonyl (C=O) groups excluding carboxylic acids is 2. The molecule has 21 heavy (non-hydrogen) atoms. The van der Waals surface area contributed by atoms with Gasteiger partial charge in [0.1, 0.15) is 0 Å². The monoisotopic (exact) mass is 289 g/mol. The highest BCUT2D eigenvalue weighted by Gasteiger charge is 2.33. The van der Waals surface area contributed by atoms with Crippen molar-refractivity contribution >= 4 is 11.8 Å². The van der Waals surface area contributed by atoms with Crippen LogP contribution < -0.4 is 10.6 Å². The molecule has 1 aliphatic heterocycles. The van der Waals surface area contributed by atoms with Crippen LogP contribution in [0.5, 0.6) is 0 Å². The number of benzene rings is 1. The number of carbonyl (C=O) groups is 2. The molecule has 1 saturated heterocycles. The summed E-state index contributed by atoms with van der Waals surface area (Å²) in [7, 11) is 0. The number of likely N-dealkylation sites (tertiary alicyclic amines) is 1. The topological polar surface area (TPSA) is 61.4 Å². The number of likely N-dealkylation sites (N-methyl/N-ethyl adjacent to an activating group) is 1. The van der Waals surface area contributed by atoms with E-state index in [1.54, 1.807) is 4.90 Å². The number of nitrogens with one attached hydrogen (secondary N) is 2. The normalized spacial score (nSPS) is 18.0. The smallest absolute Gasteiger partial charge is 0.225 e. The first-order chi connectivity index (χ1) is 10.2. The van der Waals surface area contributed by atoms with Crippen LogP contribution in [0.25, 0.3) is 0 Å². The third kappa shape index (κ3) is 4.56. The molecule has 114 valence electrons. The zero-order chi connectivity index (χ0) is 15.1. The van der Waals surface area contributed by atoms with E-state index >= 15 is 0 Å². The van der Waals surface area contributed by atoms with Crippen LogP contribution in [0.1, 0.15) is 18.9 Å². The first kappa shape index (κ1) is 15.5. The van der Waals surface area contributed by atoms with Gasteiger partial charge in [-0.25, -0.2) is 0 Å². The third-order valence-corrected chi connectivity index (χ3v) is 3.65. The van der Waals surface area contributed by atoms with E-state index in [1.165, 1.54) is 0 Å². The zero-order valence-corrected chi connectivity index (χ0v) is 12.5. The van der Waals surface area contributed by atoms with Gasteiger partial charge < -0.3 is 15.5 Å². The molecule has 5 nitrogen and oxygen atoms in total. The maximum absolute atomic E-state index is 12.0. The van der Waals surface area contributed by atoms with Gasteiger partial charge in [0, 0.05) is 32.6 Å². The van der Waals surface area contributed by atoms with Crippen molar-refractivity contribution in [2.45, 2.75) is 19.9 Å². The fraction of sp³-hybridized carbons (Fsp3) is 0.500. The van der Waals surface area contributed by atoms with Crippen LogP contribution in [0, 0.1) is 5.92 Å². The molecular weight excluding hydrogens is 266 g/mol. The van der Waals surface area contributed by atoms with E-state index in [0.717, 1.165) is 18.7 Å². The minimum atomic E-state index is -0.220. The van der Waals surface area contributed by atoms with Gasteiger partial charge in [-0.2, -0.15) is 0 Å². The molecule has 2 amide bonds. The standard InChI is InChI=1S/C16H23N3O2/c1-2-17-8-9-18-16(21)14-10-15(20)19(12-14)11-13-6-4-3-5-7-13/h3-7,14,17H,2,8-12H2,1H3,(H,18,21). The molecule has 1 aliphatic rings. The molecule has 0 aliphatic carbocycles. The molecule has 2 N–H and O–H groups in total. The average Bonchev–Trinajstić information content (AvgIpc) is 2.86. The Kier molecular flexibility index (Phi) is 5.75. The summed E-state index contributed by atoms with van der Waals surface area (Å²) in [5, 5.41) is 6.04. The van der Waals surface area contributed by atoms with Crippen molar-refractivity contribution in [2.24, 2.45) is 5.92 Å². The van der Waals surface area contributed by atoms with Gasteiger partial charge in [0.15, 0.2) is 0 Å². The number of rotatable bonds is 7. The van der Waals surface area contributed by atoms with Crippen molar-refractivity contribution in [3.8, 4) is 0 Å². The van der Waals surface area contributed by atoms with Crippen LogP contribution in [0.3, 0.4) is 0 Å². The summed E-state index contributed by atoms with van der Waals surface area (Å²) in [5.74, 6) is -0.176. The summed E-state index contributed by atoms with van der Waals surface area (Å²) in [6, 6.07) is 9.87. The summed E-state index contributed by atoms with van der Waals surface area (Å²) in [6.45, 7) is 5.38. The molecule has 1 aromatic rings. The fourth-order valence-electron chi connectivity index (χ4n) is 2.50. The van der Waals surface area contributed by atoms with Gasteiger partial charge in [0.05, 0.1) is 5.92 Å². The Morgan fingerprint density at radius 2 is 2.05 bits per heavy atom. The molecule has 1 fully saturated rings. The highest BCUT2D eigenvalue weighted by molar-refractivity contribution is 5.89. The second kappa shape index (κ2) is 7.78. The van der Waals surface area contributed by atoms with E-state index in [2.05, 4.69) is 10.6 Å². The quantitative estimate of drug-likeness (QED) is 0.729. The Morgan fingerprint density at radius 1 is 1.29 bits per heavy atom. The highest BCUT2D eigenvalue weighted by Crippen LogP contribution is 2.20. The highest BCUT2D eigenvalue weighted by atomic mass is 16.2. The molecule has 5 heteroatoms. The van der Waals surface area contributed by atoms with Crippen molar-refractivity contribution in [3.63, 3.8) is 0 Å². The molecule has 0 spiro atoms. The molecule has 0 radical (unpaired) electrons. The van der Waals surface area contributed by atoms with Gasteiger partial charge in [-0.1, -0.05) is 37.3 Å². The van der Waals surface area contributed by atoms with Crippen molar-refractivity contribution < 1.29 is 9.59 Å². The van der Waals surface area contributed by atoms with Crippen molar-refractivity contribution in [1.29, 1.82) is 0 Å². The molecule has 1 atom stereocenters. The largest absolute Gasteiger partial charge is 0.355 e. The molecule has 0 aromatic heterocycles. The molecule has 0 bridgehead atoms. The van der Waals surface area contributed by atoms with E-state index in [4.69, 9.17) is 0 Å². The number of amides is 2. The number of nitrogens with zero attached hydrogens (tertiary/aromatic N) is 1. The second-order valence-electron chi connectivity index (χ2n) is 5.31. The Hall–Kier alpha value is -1.88. The van der Waals surface area contributed by atoms with E-state index in [-0.39, 0.29) is 17.7 Å².